The molecule has 0 fully saturated rings. The smallest absolute Gasteiger partial charge is 0.143 e. The SMILES string of the molecule is [2H]C([2H])([2H])C(O)c1ccc2nc(C)sc2n1. The predicted molar refractivity (Wildman–Crippen MR) is 52.8 cm³/mol. The third-order valence-corrected chi connectivity index (χ3v) is 2.54. The number of hydrogen-bond acceptors (Lipinski definition) is 4. The van der Waals surface area contributed by atoms with Crippen LogP contribution >= 0.6 is 11.3 Å². The van der Waals surface area contributed by atoms with Crippen LogP contribution in [0.25, 0.3) is 10.3 Å². The van der Waals surface area contributed by atoms with Crippen molar-refractivity contribution in [2.24, 2.45) is 0 Å². The van der Waals surface area contributed by atoms with Gasteiger partial charge in [0.1, 0.15) is 10.3 Å². The molecule has 68 valence electrons. The molecule has 13 heavy (non-hydrogen) atoms. The lowest BCUT2D eigenvalue weighted by Gasteiger charge is -2.01. The molecule has 0 amide bonds. The first-order valence-corrected chi connectivity index (χ1v) is 4.62. The van der Waals surface area contributed by atoms with Gasteiger partial charge in [-0.1, -0.05) is 11.3 Å². The van der Waals surface area contributed by atoms with Gasteiger partial charge < -0.3 is 5.11 Å². The van der Waals surface area contributed by atoms with Crippen LogP contribution in [0.3, 0.4) is 0 Å². The topological polar surface area (TPSA) is 46.0 Å². The van der Waals surface area contributed by atoms with E-state index in [-0.39, 0.29) is 5.69 Å². The van der Waals surface area contributed by atoms with Crippen LogP contribution in [-0.2, 0) is 0 Å². The highest BCUT2D eigenvalue weighted by atomic mass is 32.1. The zero-order chi connectivity index (χ0) is 11.9. The standard InChI is InChI=1S/C9H10N2OS/c1-5(12)7-3-4-8-9(11-7)13-6(2)10-8/h3-5,12H,1-2H3/i1D3. The molecule has 3 nitrogen and oxygen atoms in total. The second-order valence-corrected chi connectivity index (χ2v) is 3.88. The van der Waals surface area contributed by atoms with Crippen LogP contribution in [0.4, 0.5) is 0 Å². The third-order valence-electron chi connectivity index (χ3n) is 1.66. The van der Waals surface area contributed by atoms with Gasteiger partial charge in [0, 0.05) is 4.11 Å². The molecule has 2 aromatic rings. The highest BCUT2D eigenvalue weighted by Crippen LogP contribution is 2.21. The summed E-state index contributed by atoms with van der Waals surface area (Å²) in [7, 11) is 0. The molecule has 4 heteroatoms. The van der Waals surface area contributed by atoms with Crippen molar-refractivity contribution in [1.82, 2.24) is 9.97 Å². The van der Waals surface area contributed by atoms with Crippen LogP contribution in [-0.4, -0.2) is 15.1 Å². The van der Waals surface area contributed by atoms with Crippen molar-refractivity contribution in [2.45, 2.75) is 19.9 Å². The number of hydrogen-bond donors (Lipinski definition) is 1. The van der Waals surface area contributed by atoms with E-state index in [0.29, 0.717) is 4.83 Å². The average molecular weight is 197 g/mol. The van der Waals surface area contributed by atoms with Crippen LogP contribution < -0.4 is 0 Å². The van der Waals surface area contributed by atoms with E-state index < -0.39 is 13.0 Å². The van der Waals surface area contributed by atoms with Gasteiger partial charge in [0.15, 0.2) is 0 Å². The third kappa shape index (κ3) is 1.55. The summed E-state index contributed by atoms with van der Waals surface area (Å²) in [4.78, 5) is 8.97. The molecule has 1 unspecified atom stereocenters. The molecule has 0 aliphatic heterocycles. The zero-order valence-electron chi connectivity index (χ0n) is 9.98. The van der Waals surface area contributed by atoms with Gasteiger partial charge in [0.05, 0.1) is 16.8 Å². The lowest BCUT2D eigenvalue weighted by molar-refractivity contribution is 0.195. The number of nitrogens with zero attached hydrogens (tertiary/aromatic N) is 2. The highest BCUT2D eigenvalue weighted by molar-refractivity contribution is 7.18. The average Bonchev–Trinajstić information content (AvgIpc) is 2.54. The largest absolute Gasteiger partial charge is 0.387 e. The Morgan fingerprint density at radius 2 is 2.38 bits per heavy atom. The Hall–Kier alpha value is -1.00. The van der Waals surface area contributed by atoms with Crippen LogP contribution in [0, 0.1) is 6.92 Å². The second-order valence-electron chi connectivity index (χ2n) is 2.70. The van der Waals surface area contributed by atoms with Crippen molar-refractivity contribution in [3.8, 4) is 0 Å². The van der Waals surface area contributed by atoms with E-state index in [1.54, 1.807) is 6.07 Å². The summed E-state index contributed by atoms with van der Waals surface area (Å²) in [6, 6.07) is 3.18. The molecule has 0 saturated heterocycles. The number of fused-ring (bicyclic) bond motifs is 1. The van der Waals surface area contributed by atoms with Crippen LogP contribution in [0.1, 0.15) is 27.8 Å². The molecule has 0 spiro atoms. The monoisotopic (exact) mass is 197 g/mol. The van der Waals surface area contributed by atoms with E-state index >= 15 is 0 Å². The maximum absolute atomic E-state index is 9.58. The first kappa shape index (κ1) is 5.67. The molecule has 1 atom stereocenters. The van der Waals surface area contributed by atoms with E-state index in [0.717, 1.165) is 10.5 Å². The van der Waals surface area contributed by atoms with Gasteiger partial charge in [-0.05, 0) is 25.9 Å². The second kappa shape index (κ2) is 3.05. The van der Waals surface area contributed by atoms with Crippen LogP contribution in [0.5, 0.6) is 0 Å². The van der Waals surface area contributed by atoms with E-state index in [1.165, 1.54) is 17.4 Å². The Morgan fingerprint density at radius 1 is 1.54 bits per heavy atom. The fraction of sp³-hybridized carbons (Fsp3) is 0.333. The summed E-state index contributed by atoms with van der Waals surface area (Å²) in [5, 5.41) is 10.4. The minimum Gasteiger partial charge on any atom is -0.387 e. The molecule has 2 rings (SSSR count). The Labute approximate surface area is 84.3 Å². The van der Waals surface area contributed by atoms with Gasteiger partial charge in [0.25, 0.3) is 0 Å². The van der Waals surface area contributed by atoms with Crippen molar-refractivity contribution in [2.75, 3.05) is 0 Å². The summed E-state index contributed by atoms with van der Waals surface area (Å²) in [5.74, 6) is 0. The first-order chi connectivity index (χ1) is 7.38. The number of aliphatic hydroxyl groups is 1. The number of thiazole rings is 1. The van der Waals surface area contributed by atoms with Crippen LogP contribution in [0.2, 0.25) is 0 Å². The van der Waals surface area contributed by atoms with Crippen LogP contribution in [0.15, 0.2) is 12.1 Å². The van der Waals surface area contributed by atoms with Gasteiger partial charge in [-0.25, -0.2) is 9.97 Å². The van der Waals surface area contributed by atoms with Crippen molar-refractivity contribution >= 4 is 21.7 Å². The number of aliphatic hydroxyl groups excluding tert-OH is 1. The molecular weight excluding hydrogens is 184 g/mol. The molecule has 1 N–H and O–H groups in total. The van der Waals surface area contributed by atoms with E-state index in [2.05, 4.69) is 9.97 Å². The van der Waals surface area contributed by atoms with Crippen molar-refractivity contribution in [1.29, 1.82) is 0 Å². The van der Waals surface area contributed by atoms with E-state index in [9.17, 15) is 5.11 Å². The van der Waals surface area contributed by atoms with E-state index in [1.807, 2.05) is 6.92 Å². The summed E-state index contributed by atoms with van der Waals surface area (Å²) < 4.78 is 21.4. The molecule has 0 saturated carbocycles. The summed E-state index contributed by atoms with van der Waals surface area (Å²) >= 11 is 1.38. The van der Waals surface area contributed by atoms with Crippen molar-refractivity contribution < 1.29 is 9.22 Å². The zero-order valence-corrected chi connectivity index (χ0v) is 7.80. The van der Waals surface area contributed by atoms with Gasteiger partial charge in [0.2, 0.25) is 0 Å². The number of rotatable bonds is 1. The fourth-order valence-electron chi connectivity index (χ4n) is 1.09. The van der Waals surface area contributed by atoms with Gasteiger partial charge >= 0.3 is 0 Å². The maximum atomic E-state index is 9.58. The minimum absolute atomic E-state index is 0.163. The van der Waals surface area contributed by atoms with Gasteiger partial charge in [-0.3, -0.25) is 0 Å². The predicted octanol–water partition coefficient (Wildman–Crippen LogP) is 2.05. The lowest BCUT2D eigenvalue weighted by atomic mass is 10.2. The van der Waals surface area contributed by atoms with E-state index in [4.69, 9.17) is 4.11 Å². The Morgan fingerprint density at radius 3 is 3.15 bits per heavy atom. The molecule has 0 aliphatic rings. The Balaban J connectivity index is 2.46. The molecule has 0 aromatic carbocycles. The molecule has 2 aromatic heterocycles. The van der Waals surface area contributed by atoms with Gasteiger partial charge in [-0.15, -0.1) is 0 Å². The summed E-state index contributed by atoms with van der Waals surface area (Å²) in [5.41, 5.74) is 0.889. The number of aryl methyl sites for hydroxylation is 1. The molecular formula is C9H10N2OS. The highest BCUT2D eigenvalue weighted by Gasteiger charge is 2.06. The van der Waals surface area contributed by atoms with Crippen molar-refractivity contribution in [3.63, 3.8) is 0 Å². The first-order valence-electron chi connectivity index (χ1n) is 5.30. The molecule has 0 radical (unpaired) electrons. The summed E-state index contributed by atoms with van der Waals surface area (Å²) in [6.45, 7) is -0.591. The maximum Gasteiger partial charge on any atom is 0.143 e. The Kier molecular flexibility index (Phi) is 1.33. The normalized spacial score (nSPS) is 17.8. The number of aromatic nitrogens is 2. The van der Waals surface area contributed by atoms with Crippen molar-refractivity contribution in [3.05, 3.63) is 22.8 Å². The molecule has 0 aliphatic carbocycles. The minimum atomic E-state index is -2.44. The summed E-state index contributed by atoms with van der Waals surface area (Å²) in [6.07, 6.45) is -1.54. The quantitative estimate of drug-likeness (QED) is 0.761. The number of pyridine rings is 1. The molecule has 0 bridgehead atoms. The fourth-order valence-corrected chi connectivity index (χ4v) is 1.89. The van der Waals surface area contributed by atoms with Gasteiger partial charge in [-0.2, -0.15) is 0 Å². The Bertz CT molecular complexity index is 523. The molecule has 2 heterocycles. The lowest BCUT2D eigenvalue weighted by Crippen LogP contribution is -1.93.